The third-order valence-corrected chi connectivity index (χ3v) is 14.4. The Morgan fingerprint density at radius 1 is 0.616 bits per heavy atom. The fourth-order valence-electron chi connectivity index (χ4n) is 8.23. The molecule has 0 spiro atoms. The summed E-state index contributed by atoms with van der Waals surface area (Å²) in [5, 5.41) is 7.13. The third-order valence-electron chi connectivity index (χ3n) is 12.6. The number of ether oxygens (including phenoxy) is 2. The van der Waals surface area contributed by atoms with E-state index in [-0.39, 0.29) is 178 Å². The number of rotatable bonds is 24. The number of amides is 4. The number of phosphoric acid groups is 2. The van der Waals surface area contributed by atoms with Gasteiger partial charge in [-0.05, 0) is 119 Å². The molecule has 6 rings (SSSR count). The summed E-state index contributed by atoms with van der Waals surface area (Å²) in [6.07, 6.45) is 1.58. The van der Waals surface area contributed by atoms with Crippen molar-refractivity contribution in [2.24, 2.45) is 10.8 Å². The van der Waals surface area contributed by atoms with Crippen molar-refractivity contribution in [1.82, 2.24) is 19.8 Å². The second-order valence-electron chi connectivity index (χ2n) is 20.5. The van der Waals surface area contributed by atoms with Gasteiger partial charge in [0.2, 0.25) is 11.8 Å². The molecular formula is C54H64Cl2F4N6Na2O14P2S2. The molecule has 0 radical (unpaired) electrons. The minimum atomic E-state index is -5.24. The molecule has 4 amide bonds. The van der Waals surface area contributed by atoms with Crippen LogP contribution in [0.2, 0.25) is 10.0 Å². The average Bonchev–Trinajstić information content (AvgIpc) is 3.45. The van der Waals surface area contributed by atoms with E-state index in [1.807, 2.05) is 0 Å². The number of halogens is 6. The Labute approximate surface area is 563 Å². The Hall–Kier alpha value is -3.60. The molecule has 460 valence electrons. The normalized spacial score (nSPS) is 12.1. The average molecular weight is 1340 g/mol. The van der Waals surface area contributed by atoms with E-state index in [9.17, 15) is 55.7 Å². The molecular weight excluding hydrogens is 1280 g/mol. The second kappa shape index (κ2) is 36.3. The van der Waals surface area contributed by atoms with Crippen LogP contribution in [0.5, 0.6) is 0 Å². The minimum absolute atomic E-state index is 0. The quantitative estimate of drug-likeness (QED) is 0.0372. The zero-order valence-electron chi connectivity index (χ0n) is 48.2. The van der Waals surface area contributed by atoms with Gasteiger partial charge in [0.15, 0.2) is 0 Å². The summed E-state index contributed by atoms with van der Waals surface area (Å²) in [7, 11) is -7.01. The van der Waals surface area contributed by atoms with Gasteiger partial charge in [-0.2, -0.15) is 27.0 Å². The fraction of sp³-hybridized carbons (Fsp3) is 0.370. The molecule has 0 aliphatic carbocycles. The van der Waals surface area contributed by atoms with Gasteiger partial charge in [-0.3, -0.25) is 24.7 Å². The minimum Gasteiger partial charge on any atom is -0.790 e. The Morgan fingerprint density at radius 2 is 0.988 bits per heavy atom. The smallest absolute Gasteiger partial charge is 0.790 e. The molecule has 0 saturated carbocycles. The van der Waals surface area contributed by atoms with E-state index in [0.717, 1.165) is 0 Å². The number of aryl methyl sites for hydroxylation is 2. The van der Waals surface area contributed by atoms with Crippen LogP contribution in [0, 0.1) is 34.1 Å². The molecule has 4 aromatic carbocycles. The number of benzene rings is 4. The van der Waals surface area contributed by atoms with Gasteiger partial charge >= 0.3 is 79.1 Å². The largest absolute Gasteiger partial charge is 1.00 e. The fourth-order valence-corrected chi connectivity index (χ4v) is 9.70. The van der Waals surface area contributed by atoms with Crippen LogP contribution < -0.4 is 79.5 Å². The number of fused-ring (bicyclic) bond motifs is 2. The van der Waals surface area contributed by atoms with Crippen LogP contribution in [0.1, 0.15) is 64.5 Å². The van der Waals surface area contributed by atoms with E-state index in [0.29, 0.717) is 32.7 Å². The molecule has 20 nitrogen and oxygen atoms in total. The Morgan fingerprint density at radius 3 is 1.35 bits per heavy atom. The summed E-state index contributed by atoms with van der Waals surface area (Å²) in [5.41, 5.74) is -0.882. The van der Waals surface area contributed by atoms with E-state index in [1.165, 1.54) is 97.0 Å². The standard InChI is InChI=1S/2C27H31ClF2N3O7P.2Na.2H2S/c2*1-27(2,16-40-41(36,37)38)13-21(33(3)24(34)10-8-17-5-4-6-22(30)25(17)28)15-39-26(35)32-23-12-19-11-20(29)9-7-18(19)14-31-23;;;;/h2*4-7,9,11-12,14,21H,8,10,13,15-16H2,1-3H3,(H,31,32,35)(H2,36,37,38);;;2*1H2/q;;2*+1;;/p-2/t2*21-;;;;/m00..../s1. The Kier molecular flexibility index (Phi) is 33.9. The molecule has 6 aromatic rings. The topological polar surface area (TPSA) is 282 Å². The SMILES string of the molecule is CN(C(=O)CCc1cccc(F)c1Cl)[C@H](COC(=O)Nc1cc2cc(F)ccc2cn1)CC(C)(C)COP(=O)(O)O.CN(C(=O)CCc1cccc(F)c1Cl)[C@H](COC(=O)Nc1cc2cc(F)ccc2cn1)CC(C)(C)COP(=O)([O-])[O-].S.S.[Na+].[Na+]. The van der Waals surface area contributed by atoms with E-state index < -0.39 is 80.6 Å². The van der Waals surface area contributed by atoms with E-state index in [2.05, 4.69) is 29.6 Å². The van der Waals surface area contributed by atoms with Gasteiger partial charge in [0.25, 0.3) is 0 Å². The monoisotopic (exact) mass is 1340 g/mol. The van der Waals surface area contributed by atoms with Gasteiger partial charge in [-0.15, -0.1) is 0 Å². The Bertz CT molecular complexity index is 3150. The first-order valence-corrected chi connectivity index (χ1v) is 28.7. The van der Waals surface area contributed by atoms with Crippen molar-refractivity contribution in [2.75, 3.05) is 51.2 Å². The predicted molar refractivity (Wildman–Crippen MR) is 315 cm³/mol. The van der Waals surface area contributed by atoms with Crippen molar-refractivity contribution < 1.29 is 143 Å². The van der Waals surface area contributed by atoms with Crippen molar-refractivity contribution in [3.05, 3.63) is 142 Å². The number of carbonyl (C=O) groups is 4. The van der Waals surface area contributed by atoms with Crippen LogP contribution in [-0.2, 0) is 50.1 Å². The molecule has 0 aliphatic heterocycles. The first kappa shape index (κ1) is 80.4. The Balaban J connectivity index is 0.000000822. The van der Waals surface area contributed by atoms with Crippen LogP contribution in [0.25, 0.3) is 21.5 Å². The third kappa shape index (κ3) is 27.2. The summed E-state index contributed by atoms with van der Waals surface area (Å²) in [4.78, 5) is 102. The maximum atomic E-state index is 13.8. The first-order chi connectivity index (χ1) is 38.3. The van der Waals surface area contributed by atoms with Crippen molar-refractivity contribution in [2.45, 2.75) is 78.3 Å². The molecule has 0 unspecified atom stereocenters. The van der Waals surface area contributed by atoms with Crippen LogP contribution >= 0.6 is 65.8 Å². The molecule has 4 N–H and O–H groups in total. The molecule has 0 saturated heterocycles. The van der Waals surface area contributed by atoms with Gasteiger partial charge in [0.05, 0.1) is 43.2 Å². The van der Waals surface area contributed by atoms with Crippen molar-refractivity contribution in [3.8, 4) is 0 Å². The number of carbonyl (C=O) groups excluding carboxylic acids is 4. The van der Waals surface area contributed by atoms with Crippen molar-refractivity contribution in [3.63, 3.8) is 0 Å². The number of anilines is 2. The number of pyridine rings is 2. The number of aromatic nitrogens is 2. The van der Waals surface area contributed by atoms with Crippen LogP contribution in [-0.4, -0.2) is 106 Å². The molecule has 32 heteroatoms. The van der Waals surface area contributed by atoms with Gasteiger partial charge in [-0.1, -0.05) is 75.2 Å². The summed E-state index contributed by atoms with van der Waals surface area (Å²) < 4.78 is 96.8. The number of hydrogen-bond acceptors (Lipinski definition) is 14. The number of likely N-dealkylation sites (N-methyl/N-ethyl adjacent to an activating group) is 2. The molecule has 0 bridgehead atoms. The van der Waals surface area contributed by atoms with Crippen LogP contribution in [0.15, 0.2) is 97.3 Å². The molecule has 2 heterocycles. The van der Waals surface area contributed by atoms with E-state index in [4.69, 9.17) is 42.5 Å². The number of nitrogens with zero attached hydrogens (tertiary/aromatic N) is 4. The summed E-state index contributed by atoms with van der Waals surface area (Å²) >= 11 is 12.0. The number of phosphoric ester groups is 2. The zero-order chi connectivity index (χ0) is 60.7. The van der Waals surface area contributed by atoms with E-state index in [1.54, 1.807) is 52.0 Å². The summed E-state index contributed by atoms with van der Waals surface area (Å²) in [6, 6.07) is 18.3. The van der Waals surface area contributed by atoms with Gasteiger partial charge < -0.3 is 47.9 Å². The number of nitrogens with one attached hydrogen (secondary N) is 2. The van der Waals surface area contributed by atoms with E-state index >= 15 is 0 Å². The summed E-state index contributed by atoms with van der Waals surface area (Å²) in [6.45, 7) is 5.22. The van der Waals surface area contributed by atoms with Crippen LogP contribution in [0.3, 0.4) is 0 Å². The van der Waals surface area contributed by atoms with Crippen LogP contribution in [0.4, 0.5) is 38.8 Å². The summed E-state index contributed by atoms with van der Waals surface area (Å²) in [5.74, 6) is -2.61. The van der Waals surface area contributed by atoms with Gasteiger partial charge in [0.1, 0.15) is 48.1 Å². The molecule has 86 heavy (non-hydrogen) atoms. The molecule has 0 aliphatic rings. The maximum Gasteiger partial charge on any atom is 1.00 e. The van der Waals surface area contributed by atoms with Crippen molar-refractivity contribution in [1.29, 1.82) is 0 Å². The molecule has 0 fully saturated rings. The number of hydrogen-bond donors (Lipinski definition) is 4. The predicted octanol–water partition coefficient (Wildman–Crippen LogP) is 4.37. The van der Waals surface area contributed by atoms with Gasteiger partial charge in [-0.25, -0.2) is 41.7 Å². The zero-order valence-corrected chi connectivity index (χ0v) is 57.5. The molecule has 2 aromatic heterocycles. The first-order valence-electron chi connectivity index (χ1n) is 25.0. The van der Waals surface area contributed by atoms with Gasteiger partial charge in [0, 0.05) is 50.1 Å². The maximum absolute atomic E-state index is 13.8. The molecule has 2 atom stereocenters. The second-order valence-corrected chi connectivity index (χ2v) is 23.7. The van der Waals surface area contributed by atoms with Crippen molar-refractivity contribution >= 4 is 123 Å².